The molecule has 0 saturated carbocycles. The van der Waals surface area contributed by atoms with Gasteiger partial charge in [0.25, 0.3) is 0 Å². The first-order valence-corrected chi connectivity index (χ1v) is 25.8. The molecule has 0 unspecified atom stereocenters. The molecule has 3 N–H and O–H groups in total. The van der Waals surface area contributed by atoms with Crippen LogP contribution in [0.3, 0.4) is 0 Å². The number of benzene rings is 9. The van der Waals surface area contributed by atoms with Gasteiger partial charge in [0.15, 0.2) is 0 Å². The molecule has 9 aromatic rings. The summed E-state index contributed by atoms with van der Waals surface area (Å²) >= 11 is 0. The van der Waals surface area contributed by atoms with Gasteiger partial charge in [-0.05, 0) is 103 Å². The van der Waals surface area contributed by atoms with Crippen LogP contribution in [0.2, 0.25) is 0 Å². The number of aliphatic hydroxyl groups is 3. The van der Waals surface area contributed by atoms with Crippen molar-refractivity contribution in [3.63, 3.8) is 0 Å². The number of anilines is 3. The van der Waals surface area contributed by atoms with Crippen molar-refractivity contribution >= 4 is 17.1 Å². The molecule has 0 atom stereocenters. The molecule has 0 fully saturated rings. The summed E-state index contributed by atoms with van der Waals surface area (Å²) in [6.07, 6.45) is 0. The van der Waals surface area contributed by atoms with Crippen LogP contribution in [0.25, 0.3) is 33.4 Å². The van der Waals surface area contributed by atoms with Crippen LogP contribution in [0.1, 0.15) is 129 Å². The molecular weight excluding hydrogens is 891 g/mol. The van der Waals surface area contributed by atoms with Crippen LogP contribution >= 0.6 is 0 Å². The highest BCUT2D eigenvalue weighted by atomic mass is 16.3. The van der Waals surface area contributed by atoms with Crippen molar-refractivity contribution in [1.82, 2.24) is 0 Å². The Morgan fingerprint density at radius 1 is 0.260 bits per heavy atom. The van der Waals surface area contributed by atoms with E-state index < -0.39 is 16.8 Å². The zero-order valence-corrected chi connectivity index (χ0v) is 43.3. The van der Waals surface area contributed by atoms with Gasteiger partial charge in [0.1, 0.15) is 16.8 Å². The molecule has 12 rings (SSSR count). The Morgan fingerprint density at radius 2 is 0.452 bits per heavy atom. The maximum atomic E-state index is 14.3. The Labute approximate surface area is 430 Å². The maximum Gasteiger partial charge on any atom is 0.143 e. The van der Waals surface area contributed by atoms with Gasteiger partial charge < -0.3 is 20.2 Å². The first-order chi connectivity index (χ1) is 34.8. The van der Waals surface area contributed by atoms with E-state index in [-0.39, 0.29) is 16.2 Å². The summed E-state index contributed by atoms with van der Waals surface area (Å²) in [5, 5.41) is 43.0. The molecule has 0 heterocycles. The van der Waals surface area contributed by atoms with E-state index in [2.05, 4.69) is 195 Å². The molecule has 9 aromatic carbocycles. The fourth-order valence-electron chi connectivity index (χ4n) is 12.4. The Kier molecular flexibility index (Phi) is 10.3. The molecule has 4 heteroatoms. The van der Waals surface area contributed by atoms with Crippen molar-refractivity contribution in [2.45, 2.75) is 95.4 Å². The smallest absolute Gasteiger partial charge is 0.143 e. The lowest BCUT2D eigenvalue weighted by molar-refractivity contribution is 0.130. The van der Waals surface area contributed by atoms with Crippen molar-refractivity contribution in [3.8, 4) is 33.4 Å². The largest absolute Gasteiger partial charge is 0.376 e. The zero-order chi connectivity index (χ0) is 51.0. The second-order valence-corrected chi connectivity index (χ2v) is 23.7. The molecule has 0 bridgehead atoms. The second-order valence-electron chi connectivity index (χ2n) is 23.7. The molecule has 0 amide bonds. The van der Waals surface area contributed by atoms with Gasteiger partial charge in [-0.3, -0.25) is 0 Å². The number of hydrogen-bond acceptors (Lipinski definition) is 4. The van der Waals surface area contributed by atoms with Crippen LogP contribution in [0.5, 0.6) is 0 Å². The van der Waals surface area contributed by atoms with Gasteiger partial charge in [-0.1, -0.05) is 226 Å². The van der Waals surface area contributed by atoms with Crippen LogP contribution in [0.15, 0.2) is 200 Å². The van der Waals surface area contributed by atoms with Gasteiger partial charge in [-0.2, -0.15) is 0 Å². The van der Waals surface area contributed by atoms with Gasteiger partial charge in [0, 0.05) is 50.1 Å². The lowest BCUT2D eigenvalue weighted by Gasteiger charge is -2.41. The minimum absolute atomic E-state index is 0.302. The third kappa shape index (κ3) is 6.77. The van der Waals surface area contributed by atoms with E-state index in [1.165, 1.54) is 0 Å². The van der Waals surface area contributed by atoms with Gasteiger partial charge in [0.2, 0.25) is 0 Å². The maximum absolute atomic E-state index is 14.3. The highest BCUT2D eigenvalue weighted by Crippen LogP contribution is 2.61. The van der Waals surface area contributed by atoms with Gasteiger partial charge in [-0.15, -0.1) is 0 Å². The van der Waals surface area contributed by atoms with Gasteiger partial charge in [0.05, 0.1) is 17.1 Å². The summed E-state index contributed by atoms with van der Waals surface area (Å²) in [6, 6.07) is 69.1. The monoisotopic (exact) mass is 953 g/mol. The Hall–Kier alpha value is -7.34. The number of fused-ring (bicyclic) bond motifs is 9. The highest BCUT2D eigenvalue weighted by molar-refractivity contribution is 5.93. The fourth-order valence-corrected chi connectivity index (χ4v) is 12.4. The third-order valence-corrected chi connectivity index (χ3v) is 16.3. The van der Waals surface area contributed by atoms with Crippen LogP contribution in [0.4, 0.5) is 17.1 Å². The molecule has 4 nitrogen and oxygen atoms in total. The molecule has 3 aliphatic rings. The van der Waals surface area contributed by atoms with Crippen molar-refractivity contribution < 1.29 is 15.3 Å². The SMILES string of the molecule is CC(C)(C)c1ccc(N(c2ccc(C(C)(C)C)cc2C2(O)c3ccccc3-c3ccccc32)c2ccc(C(C)(C)C)cc2C2(O)c3ccccc3-c3ccccc32)c(C2(O)c3ccccc3-c3ccccc32)c1. The number of rotatable bonds is 6. The van der Waals surface area contributed by atoms with E-state index in [0.717, 1.165) is 83.5 Å². The lowest BCUT2D eigenvalue weighted by atomic mass is 9.76. The highest BCUT2D eigenvalue weighted by Gasteiger charge is 2.51. The van der Waals surface area contributed by atoms with Gasteiger partial charge in [-0.25, -0.2) is 0 Å². The van der Waals surface area contributed by atoms with E-state index >= 15 is 0 Å². The minimum atomic E-state index is -1.63. The summed E-state index contributed by atoms with van der Waals surface area (Å²) in [5.41, 5.74) is 12.2. The molecule has 0 spiro atoms. The molecule has 0 saturated heterocycles. The van der Waals surface area contributed by atoms with Gasteiger partial charge >= 0.3 is 0 Å². The summed E-state index contributed by atoms with van der Waals surface area (Å²) in [7, 11) is 0. The van der Waals surface area contributed by atoms with Crippen LogP contribution in [0, 0.1) is 0 Å². The Balaban J connectivity index is 1.27. The molecule has 3 aliphatic carbocycles. The lowest BCUT2D eigenvalue weighted by Crippen LogP contribution is -2.34. The predicted octanol–water partition coefficient (Wildman–Crippen LogP) is 15.8. The minimum Gasteiger partial charge on any atom is -0.376 e. The molecule has 73 heavy (non-hydrogen) atoms. The summed E-state index contributed by atoms with van der Waals surface area (Å²) in [4.78, 5) is 2.26. The van der Waals surface area contributed by atoms with E-state index in [4.69, 9.17) is 0 Å². The molecule has 0 aromatic heterocycles. The van der Waals surface area contributed by atoms with Crippen LogP contribution in [-0.2, 0) is 33.0 Å². The van der Waals surface area contributed by atoms with Crippen LogP contribution < -0.4 is 4.90 Å². The topological polar surface area (TPSA) is 63.9 Å². The fraction of sp³-hybridized carbons (Fsp3) is 0.217. The Morgan fingerprint density at radius 3 is 0.644 bits per heavy atom. The molecular formula is C69H63NO3. The van der Waals surface area contributed by atoms with E-state index in [1.54, 1.807) is 0 Å². The van der Waals surface area contributed by atoms with Crippen molar-refractivity contribution in [3.05, 3.63) is 267 Å². The average Bonchev–Trinajstić information content (AvgIpc) is 3.92. The second kappa shape index (κ2) is 16.1. The number of nitrogens with zero attached hydrogens (tertiary/aromatic N) is 1. The summed E-state index contributed by atoms with van der Waals surface area (Å²) in [6.45, 7) is 19.9. The standard InChI is InChI=1S/C69H63NO3/c1-64(2,3)43-34-37-61(58(40-43)67(71)52-28-16-10-22-46(52)47-23-11-17-29-53(47)67)70(62-38-35-44(65(4,5)6)41-59(62)68(72)54-30-18-12-24-48(54)49-25-13-19-31-55(49)68)63-39-36-45(66(7,8)9)42-60(63)69(73)56-32-20-14-26-50(56)51-27-15-21-33-57(51)69/h10-42,71-73H,1-9H3. The zero-order valence-electron chi connectivity index (χ0n) is 43.3. The summed E-state index contributed by atoms with van der Waals surface area (Å²) < 4.78 is 0. The predicted molar refractivity (Wildman–Crippen MR) is 299 cm³/mol. The first-order valence-electron chi connectivity index (χ1n) is 25.8. The van der Waals surface area contributed by atoms with Crippen molar-refractivity contribution in [2.24, 2.45) is 0 Å². The molecule has 362 valence electrons. The van der Waals surface area contributed by atoms with E-state index in [9.17, 15) is 15.3 Å². The van der Waals surface area contributed by atoms with Crippen molar-refractivity contribution in [1.29, 1.82) is 0 Å². The van der Waals surface area contributed by atoms with E-state index in [1.807, 2.05) is 72.8 Å². The normalized spacial score (nSPS) is 15.5. The summed E-state index contributed by atoms with van der Waals surface area (Å²) in [5.74, 6) is 0. The quantitative estimate of drug-likeness (QED) is 0.155. The van der Waals surface area contributed by atoms with Crippen molar-refractivity contribution in [2.75, 3.05) is 4.90 Å². The molecule has 0 aliphatic heterocycles. The average molecular weight is 954 g/mol. The van der Waals surface area contributed by atoms with E-state index in [0.29, 0.717) is 33.8 Å². The number of hydrogen-bond donors (Lipinski definition) is 3. The van der Waals surface area contributed by atoms with Crippen LogP contribution in [-0.4, -0.2) is 15.3 Å². The first kappa shape index (κ1) is 46.7. The Bertz CT molecular complexity index is 3180. The third-order valence-electron chi connectivity index (χ3n) is 16.3. The molecule has 0 radical (unpaired) electrons.